The standard InChI is InChI=1S/C25H23ClN2O3/c1-17-25(30)28(16-19-7-10-20(26)11-8-19)22-15-21(12-13-23(22)31-17)27-24(29)14-9-18-5-3-2-4-6-18/h2-8,10-13,15,17H,9,14,16H2,1H3,(H,27,29). The molecule has 1 unspecified atom stereocenters. The van der Waals surface area contributed by atoms with Gasteiger partial charge in [0.15, 0.2) is 6.10 Å². The Morgan fingerprint density at radius 1 is 1.03 bits per heavy atom. The number of ether oxygens (including phenoxy) is 1. The predicted octanol–water partition coefficient (Wildman–Crippen LogP) is 5.23. The zero-order chi connectivity index (χ0) is 21.8. The summed E-state index contributed by atoms with van der Waals surface area (Å²) < 4.78 is 5.77. The summed E-state index contributed by atoms with van der Waals surface area (Å²) in [6, 6.07) is 22.7. The van der Waals surface area contributed by atoms with Crippen molar-refractivity contribution in [3.63, 3.8) is 0 Å². The molecular formula is C25H23ClN2O3. The summed E-state index contributed by atoms with van der Waals surface area (Å²) in [4.78, 5) is 27.0. The van der Waals surface area contributed by atoms with E-state index < -0.39 is 6.10 Å². The molecule has 3 aromatic carbocycles. The first-order chi connectivity index (χ1) is 15.0. The average molecular weight is 435 g/mol. The number of amides is 2. The lowest BCUT2D eigenvalue weighted by atomic mass is 10.1. The van der Waals surface area contributed by atoms with E-state index in [0.717, 1.165) is 11.1 Å². The van der Waals surface area contributed by atoms with Crippen LogP contribution in [0.2, 0.25) is 5.02 Å². The van der Waals surface area contributed by atoms with Gasteiger partial charge in [0.2, 0.25) is 5.91 Å². The molecule has 0 aromatic heterocycles. The fourth-order valence-electron chi connectivity index (χ4n) is 3.55. The Bertz CT molecular complexity index is 1080. The van der Waals surface area contributed by atoms with Crippen LogP contribution in [0.4, 0.5) is 11.4 Å². The van der Waals surface area contributed by atoms with Crippen molar-refractivity contribution in [2.24, 2.45) is 0 Å². The summed E-state index contributed by atoms with van der Waals surface area (Å²) in [5.41, 5.74) is 3.34. The molecule has 3 aromatic rings. The van der Waals surface area contributed by atoms with E-state index >= 15 is 0 Å². The molecule has 0 spiro atoms. The van der Waals surface area contributed by atoms with Gasteiger partial charge < -0.3 is 15.0 Å². The highest BCUT2D eigenvalue weighted by atomic mass is 35.5. The first-order valence-corrected chi connectivity index (χ1v) is 10.6. The van der Waals surface area contributed by atoms with Gasteiger partial charge in [0.1, 0.15) is 5.75 Å². The monoisotopic (exact) mass is 434 g/mol. The maximum Gasteiger partial charge on any atom is 0.268 e. The Kier molecular flexibility index (Phi) is 6.23. The highest BCUT2D eigenvalue weighted by molar-refractivity contribution is 6.30. The zero-order valence-electron chi connectivity index (χ0n) is 17.2. The summed E-state index contributed by atoms with van der Waals surface area (Å²) >= 11 is 5.98. The van der Waals surface area contributed by atoms with E-state index in [2.05, 4.69) is 5.32 Å². The van der Waals surface area contributed by atoms with Gasteiger partial charge >= 0.3 is 0 Å². The maximum absolute atomic E-state index is 12.8. The Morgan fingerprint density at radius 3 is 2.52 bits per heavy atom. The molecule has 1 aliphatic heterocycles. The molecule has 1 N–H and O–H groups in total. The van der Waals surface area contributed by atoms with Crippen LogP contribution in [-0.4, -0.2) is 17.9 Å². The summed E-state index contributed by atoms with van der Waals surface area (Å²) in [6.45, 7) is 2.13. The molecule has 31 heavy (non-hydrogen) atoms. The molecule has 0 saturated heterocycles. The van der Waals surface area contributed by atoms with E-state index in [1.807, 2.05) is 42.5 Å². The highest BCUT2D eigenvalue weighted by Gasteiger charge is 2.31. The first-order valence-electron chi connectivity index (χ1n) is 10.2. The van der Waals surface area contributed by atoms with Crippen LogP contribution >= 0.6 is 11.6 Å². The SMILES string of the molecule is CC1Oc2ccc(NC(=O)CCc3ccccc3)cc2N(Cc2ccc(Cl)cc2)C1=O. The Hall–Kier alpha value is -3.31. The highest BCUT2D eigenvalue weighted by Crippen LogP contribution is 2.37. The maximum atomic E-state index is 12.8. The van der Waals surface area contributed by atoms with Gasteiger partial charge in [0.05, 0.1) is 12.2 Å². The van der Waals surface area contributed by atoms with E-state index in [1.54, 1.807) is 42.2 Å². The van der Waals surface area contributed by atoms with E-state index in [-0.39, 0.29) is 11.8 Å². The number of fused-ring (bicyclic) bond motifs is 1. The van der Waals surface area contributed by atoms with Crippen molar-refractivity contribution in [2.75, 3.05) is 10.2 Å². The third-order valence-corrected chi connectivity index (χ3v) is 5.44. The lowest BCUT2D eigenvalue weighted by Crippen LogP contribution is -2.44. The Morgan fingerprint density at radius 2 is 1.77 bits per heavy atom. The summed E-state index contributed by atoms with van der Waals surface area (Å²) in [6.07, 6.45) is 0.465. The fourth-order valence-corrected chi connectivity index (χ4v) is 3.67. The fraction of sp³-hybridized carbons (Fsp3) is 0.200. The molecule has 5 nitrogen and oxygen atoms in total. The van der Waals surface area contributed by atoms with Gasteiger partial charge in [-0.3, -0.25) is 9.59 Å². The van der Waals surface area contributed by atoms with Crippen molar-refractivity contribution < 1.29 is 14.3 Å². The molecular weight excluding hydrogens is 412 g/mol. The quantitative estimate of drug-likeness (QED) is 0.578. The summed E-state index contributed by atoms with van der Waals surface area (Å²) in [5, 5.41) is 3.58. The van der Waals surface area contributed by atoms with Crippen LogP contribution in [0.25, 0.3) is 0 Å². The molecule has 0 fully saturated rings. The molecule has 0 aliphatic carbocycles. The second-order valence-corrected chi connectivity index (χ2v) is 7.96. The Labute approximate surface area is 186 Å². The van der Waals surface area contributed by atoms with Gasteiger partial charge in [0, 0.05) is 17.1 Å². The minimum absolute atomic E-state index is 0.0792. The molecule has 0 radical (unpaired) electrons. The van der Waals surface area contributed by atoms with Crippen LogP contribution in [0, 0.1) is 0 Å². The van der Waals surface area contributed by atoms with Gasteiger partial charge in [-0.2, -0.15) is 0 Å². The number of aryl methyl sites for hydroxylation is 1. The minimum atomic E-state index is -0.578. The van der Waals surface area contributed by atoms with E-state index in [4.69, 9.17) is 16.3 Å². The van der Waals surface area contributed by atoms with Gasteiger partial charge in [-0.25, -0.2) is 0 Å². The number of benzene rings is 3. The van der Waals surface area contributed by atoms with E-state index in [0.29, 0.717) is 41.5 Å². The first kappa shape index (κ1) is 20.9. The predicted molar refractivity (Wildman–Crippen MR) is 123 cm³/mol. The number of carbonyl (C=O) groups is 2. The normalized spacial score (nSPS) is 15.2. The smallest absolute Gasteiger partial charge is 0.268 e. The van der Waals surface area contributed by atoms with Crippen molar-refractivity contribution in [1.29, 1.82) is 0 Å². The average Bonchev–Trinajstić information content (AvgIpc) is 2.78. The number of halogens is 1. The van der Waals surface area contributed by atoms with Crippen molar-refractivity contribution >= 4 is 34.8 Å². The van der Waals surface area contributed by atoms with Crippen LogP contribution in [0.5, 0.6) is 5.75 Å². The van der Waals surface area contributed by atoms with Crippen LogP contribution in [0.1, 0.15) is 24.5 Å². The number of hydrogen-bond acceptors (Lipinski definition) is 3. The Balaban J connectivity index is 1.50. The van der Waals surface area contributed by atoms with Crippen LogP contribution in [0.3, 0.4) is 0 Å². The van der Waals surface area contributed by atoms with Gasteiger partial charge in [-0.05, 0) is 54.8 Å². The van der Waals surface area contributed by atoms with Crippen molar-refractivity contribution in [3.8, 4) is 5.75 Å². The number of nitrogens with one attached hydrogen (secondary N) is 1. The van der Waals surface area contributed by atoms with Crippen molar-refractivity contribution in [3.05, 3.63) is 88.9 Å². The number of hydrogen-bond donors (Lipinski definition) is 1. The van der Waals surface area contributed by atoms with Gasteiger partial charge in [-0.1, -0.05) is 54.1 Å². The molecule has 6 heteroatoms. The lowest BCUT2D eigenvalue weighted by molar-refractivity contribution is -0.125. The molecule has 1 heterocycles. The molecule has 1 atom stereocenters. The molecule has 2 amide bonds. The third-order valence-electron chi connectivity index (χ3n) is 5.19. The lowest BCUT2D eigenvalue weighted by Gasteiger charge is -2.33. The van der Waals surface area contributed by atoms with Crippen LogP contribution < -0.4 is 15.0 Å². The van der Waals surface area contributed by atoms with Crippen LogP contribution in [0.15, 0.2) is 72.8 Å². The van der Waals surface area contributed by atoms with E-state index in [9.17, 15) is 9.59 Å². The van der Waals surface area contributed by atoms with Crippen LogP contribution in [-0.2, 0) is 22.6 Å². The summed E-state index contributed by atoms with van der Waals surface area (Å²) in [7, 11) is 0. The molecule has 4 rings (SSSR count). The molecule has 0 bridgehead atoms. The topological polar surface area (TPSA) is 58.6 Å². The van der Waals surface area contributed by atoms with Gasteiger partial charge in [0.25, 0.3) is 5.91 Å². The number of nitrogens with zero attached hydrogens (tertiary/aromatic N) is 1. The second kappa shape index (κ2) is 9.23. The van der Waals surface area contributed by atoms with Crippen molar-refractivity contribution in [2.45, 2.75) is 32.4 Å². The van der Waals surface area contributed by atoms with Crippen molar-refractivity contribution in [1.82, 2.24) is 0 Å². The molecule has 158 valence electrons. The number of anilines is 2. The largest absolute Gasteiger partial charge is 0.479 e. The van der Waals surface area contributed by atoms with Gasteiger partial charge in [-0.15, -0.1) is 0 Å². The third kappa shape index (κ3) is 5.06. The number of rotatable bonds is 6. The zero-order valence-corrected chi connectivity index (χ0v) is 17.9. The van der Waals surface area contributed by atoms with E-state index in [1.165, 1.54) is 0 Å². The number of carbonyl (C=O) groups excluding carboxylic acids is 2. The minimum Gasteiger partial charge on any atom is -0.479 e. The summed E-state index contributed by atoms with van der Waals surface area (Å²) in [5.74, 6) is 0.405. The molecule has 0 saturated carbocycles. The molecule has 1 aliphatic rings. The second-order valence-electron chi connectivity index (χ2n) is 7.53.